The van der Waals surface area contributed by atoms with E-state index in [0.717, 1.165) is 30.4 Å². The Morgan fingerprint density at radius 3 is 2.67 bits per heavy atom. The van der Waals surface area contributed by atoms with E-state index in [4.69, 9.17) is 5.11 Å². The van der Waals surface area contributed by atoms with Crippen molar-refractivity contribution in [1.29, 1.82) is 0 Å². The Balaban J connectivity index is 3.11. The normalized spacial score (nSPS) is 10.4. The molecule has 0 amide bonds. The van der Waals surface area contributed by atoms with Crippen LogP contribution in [-0.4, -0.2) is 16.0 Å². The second-order valence-electron chi connectivity index (χ2n) is 2.65. The van der Waals surface area contributed by atoms with E-state index in [-0.39, 0.29) is 11.3 Å². The van der Waals surface area contributed by atoms with Crippen molar-refractivity contribution in [2.45, 2.75) is 0 Å². The monoisotopic (exact) mass is 208 g/mol. The van der Waals surface area contributed by atoms with E-state index < -0.39 is 16.6 Å². The van der Waals surface area contributed by atoms with Crippen molar-refractivity contribution < 1.29 is 19.9 Å². The molecule has 0 aliphatic rings. The highest BCUT2D eigenvalue weighted by atomic mass is 16.6. The van der Waals surface area contributed by atoms with Crippen LogP contribution >= 0.6 is 0 Å². The quantitative estimate of drug-likeness (QED) is 0.448. The molecule has 6 nitrogen and oxygen atoms in total. The number of hydrogen-bond acceptors (Lipinski definition) is 4. The van der Waals surface area contributed by atoms with Crippen LogP contribution in [-0.2, 0) is 4.79 Å². The number of rotatable bonds is 3. The molecule has 1 aromatic carbocycles. The third-order valence-corrected chi connectivity index (χ3v) is 1.61. The van der Waals surface area contributed by atoms with Crippen molar-refractivity contribution in [3.8, 4) is 5.75 Å². The zero-order chi connectivity index (χ0) is 11.4. The Hall–Kier alpha value is -2.37. The molecular weight excluding hydrogens is 202 g/mol. The minimum absolute atomic E-state index is 0.0217. The van der Waals surface area contributed by atoms with Gasteiger partial charge in [-0.05, 0) is 11.6 Å². The summed E-state index contributed by atoms with van der Waals surface area (Å²) in [6, 6.07) is 3.13. The lowest BCUT2D eigenvalue weighted by Crippen LogP contribution is -1.96. The summed E-state index contributed by atoms with van der Waals surface area (Å²) in [6.45, 7) is 0. The van der Waals surface area contributed by atoms with Gasteiger partial charge in [0.2, 0.25) is 0 Å². The summed E-state index contributed by atoms with van der Waals surface area (Å²) < 4.78 is 0. The van der Waals surface area contributed by atoms with Gasteiger partial charge in [0.15, 0.2) is 0 Å². The second kappa shape index (κ2) is 4.23. The summed E-state index contributed by atoms with van der Waals surface area (Å²) in [5, 5.41) is 29.8. The van der Waals surface area contributed by atoms with Crippen LogP contribution in [0, 0.1) is 10.1 Å². The van der Waals surface area contributed by atoms with Crippen LogP contribution in [0.2, 0.25) is 0 Å². The molecule has 0 atom stereocenters. The van der Waals surface area contributed by atoms with Gasteiger partial charge in [-0.25, -0.2) is 4.79 Å². The molecule has 0 aliphatic carbocycles. The fourth-order valence-electron chi connectivity index (χ4n) is 0.941. The van der Waals surface area contributed by atoms with Crippen molar-refractivity contribution in [3.05, 3.63) is 40.0 Å². The first-order valence-electron chi connectivity index (χ1n) is 3.87. The highest BCUT2D eigenvalue weighted by Gasteiger charge is 2.04. The minimum atomic E-state index is -1.22. The van der Waals surface area contributed by atoms with Crippen molar-refractivity contribution in [2.24, 2.45) is 0 Å². The van der Waals surface area contributed by atoms with E-state index in [2.05, 4.69) is 0 Å². The van der Waals surface area contributed by atoms with E-state index in [0.29, 0.717) is 0 Å². The maximum Gasteiger partial charge on any atom is 0.328 e. The summed E-state index contributed by atoms with van der Waals surface area (Å²) in [4.78, 5) is 19.9. The lowest BCUT2D eigenvalue weighted by atomic mass is 10.1. The van der Waals surface area contributed by atoms with Gasteiger partial charge in [-0.2, -0.15) is 0 Å². The third kappa shape index (κ3) is 2.80. The van der Waals surface area contributed by atoms with Gasteiger partial charge in [-0.1, -0.05) is 6.07 Å². The van der Waals surface area contributed by atoms with Crippen LogP contribution in [0.1, 0.15) is 5.56 Å². The van der Waals surface area contributed by atoms with E-state index in [9.17, 15) is 20.0 Å². The Bertz CT molecular complexity index is 438. The molecular formula is C9H6NO5-. The van der Waals surface area contributed by atoms with Gasteiger partial charge in [0.1, 0.15) is 0 Å². The standard InChI is InChI=1S/C9H7NO5/c11-8-3-2-7(10(14)15)5-6(8)1-4-9(12)13/h1-5,11H,(H,12,13)/p-1/b4-1+. The molecule has 0 heterocycles. The predicted octanol–water partition coefficient (Wildman–Crippen LogP) is 0.766. The Morgan fingerprint density at radius 2 is 2.13 bits per heavy atom. The molecule has 1 aromatic rings. The fourth-order valence-corrected chi connectivity index (χ4v) is 0.941. The van der Waals surface area contributed by atoms with Crippen molar-refractivity contribution in [1.82, 2.24) is 0 Å². The first-order chi connectivity index (χ1) is 7.00. The Labute approximate surface area is 84.2 Å². The molecule has 0 unspecified atom stereocenters. The van der Waals surface area contributed by atoms with Gasteiger partial charge in [0, 0.05) is 18.2 Å². The SMILES string of the molecule is O=C(O)/C=C/c1cc([N+](=O)[O-])ccc1[O-]. The molecule has 0 radical (unpaired) electrons. The maximum absolute atomic E-state index is 11.1. The third-order valence-electron chi connectivity index (χ3n) is 1.61. The highest BCUT2D eigenvalue weighted by Crippen LogP contribution is 2.21. The van der Waals surface area contributed by atoms with Gasteiger partial charge in [0.25, 0.3) is 5.69 Å². The average Bonchev–Trinajstić information content (AvgIpc) is 2.16. The molecule has 78 valence electrons. The zero-order valence-electron chi connectivity index (χ0n) is 7.41. The van der Waals surface area contributed by atoms with Gasteiger partial charge < -0.3 is 10.2 Å². The molecule has 0 bridgehead atoms. The number of nitrogens with zero attached hydrogens (tertiary/aromatic N) is 1. The van der Waals surface area contributed by atoms with Crippen LogP contribution in [0.5, 0.6) is 5.75 Å². The topological polar surface area (TPSA) is 104 Å². The number of nitro benzene ring substituents is 1. The smallest absolute Gasteiger partial charge is 0.328 e. The number of carboxylic acids is 1. The molecule has 0 aliphatic heterocycles. The number of carbonyl (C=O) groups is 1. The fraction of sp³-hybridized carbons (Fsp3) is 0. The van der Waals surface area contributed by atoms with E-state index in [1.165, 1.54) is 0 Å². The average molecular weight is 208 g/mol. The predicted molar refractivity (Wildman–Crippen MR) is 49.2 cm³/mol. The number of benzene rings is 1. The molecule has 15 heavy (non-hydrogen) atoms. The van der Waals surface area contributed by atoms with E-state index in [1.54, 1.807) is 0 Å². The number of non-ortho nitro benzene ring substituents is 1. The first kappa shape index (κ1) is 10.7. The molecule has 0 saturated heterocycles. The van der Waals surface area contributed by atoms with Crippen LogP contribution in [0.25, 0.3) is 6.08 Å². The molecule has 6 heteroatoms. The Kier molecular flexibility index (Phi) is 3.02. The highest BCUT2D eigenvalue weighted by molar-refractivity contribution is 5.86. The molecule has 0 saturated carbocycles. The summed E-state index contributed by atoms with van der Waals surface area (Å²) in [7, 11) is 0. The number of nitro groups is 1. The molecule has 0 spiro atoms. The Morgan fingerprint density at radius 1 is 1.47 bits per heavy atom. The summed E-state index contributed by atoms with van der Waals surface area (Å²) >= 11 is 0. The van der Waals surface area contributed by atoms with Gasteiger partial charge >= 0.3 is 5.97 Å². The van der Waals surface area contributed by atoms with Crippen LogP contribution < -0.4 is 5.11 Å². The van der Waals surface area contributed by atoms with Crippen LogP contribution in [0.4, 0.5) is 5.69 Å². The van der Waals surface area contributed by atoms with Crippen molar-refractivity contribution in [3.63, 3.8) is 0 Å². The van der Waals surface area contributed by atoms with E-state index >= 15 is 0 Å². The molecule has 0 fully saturated rings. The molecule has 0 aromatic heterocycles. The summed E-state index contributed by atoms with van der Waals surface area (Å²) in [6.07, 6.45) is 1.78. The lowest BCUT2D eigenvalue weighted by Gasteiger charge is -2.08. The maximum atomic E-state index is 11.1. The van der Waals surface area contributed by atoms with Crippen LogP contribution in [0.15, 0.2) is 24.3 Å². The first-order valence-corrected chi connectivity index (χ1v) is 3.87. The van der Waals surface area contributed by atoms with Gasteiger partial charge in [0.05, 0.1) is 4.92 Å². The number of aliphatic carboxylic acids is 1. The van der Waals surface area contributed by atoms with Crippen molar-refractivity contribution >= 4 is 17.7 Å². The molecule has 1 rings (SSSR count). The minimum Gasteiger partial charge on any atom is -0.872 e. The second-order valence-corrected chi connectivity index (χ2v) is 2.65. The van der Waals surface area contributed by atoms with Crippen molar-refractivity contribution in [2.75, 3.05) is 0 Å². The zero-order valence-corrected chi connectivity index (χ0v) is 7.41. The van der Waals surface area contributed by atoms with Gasteiger partial charge in [-0.3, -0.25) is 10.1 Å². The van der Waals surface area contributed by atoms with Gasteiger partial charge in [-0.15, -0.1) is 5.75 Å². The summed E-state index contributed by atoms with van der Waals surface area (Å²) in [5.41, 5.74) is -0.272. The number of carboxylic acid groups (broad SMARTS) is 1. The number of hydrogen-bond donors (Lipinski definition) is 1. The molecule has 1 N–H and O–H groups in total. The van der Waals surface area contributed by atoms with E-state index in [1.807, 2.05) is 0 Å². The lowest BCUT2D eigenvalue weighted by molar-refractivity contribution is -0.385. The summed E-state index contributed by atoms with van der Waals surface area (Å²) in [5.74, 6) is -1.68. The largest absolute Gasteiger partial charge is 0.872 e. The van der Waals surface area contributed by atoms with Crippen LogP contribution in [0.3, 0.4) is 0 Å².